The fourth-order valence-electron chi connectivity index (χ4n) is 1.28. The van der Waals surface area contributed by atoms with Gasteiger partial charge in [-0.1, -0.05) is 13.3 Å². The zero-order valence-electron chi connectivity index (χ0n) is 9.21. The molecule has 1 rings (SSSR count). The Morgan fingerprint density at radius 1 is 1.20 bits per heavy atom. The lowest BCUT2D eigenvalue weighted by molar-refractivity contribution is -0.655. The zero-order valence-corrected chi connectivity index (χ0v) is 9.21. The van der Waals surface area contributed by atoms with Crippen LogP contribution in [0.4, 0.5) is 4.39 Å². The monoisotopic (exact) mass is 212 g/mol. The van der Waals surface area contributed by atoms with E-state index in [2.05, 4.69) is 12.2 Å². The molecule has 0 aromatic heterocycles. The molecule has 0 atom stereocenters. The molecule has 15 heavy (non-hydrogen) atoms. The summed E-state index contributed by atoms with van der Waals surface area (Å²) < 4.78 is 18.0. The van der Waals surface area contributed by atoms with E-state index in [0.29, 0.717) is 6.61 Å². The van der Waals surface area contributed by atoms with E-state index in [1.54, 1.807) is 12.1 Å². The highest BCUT2D eigenvalue weighted by atomic mass is 19.1. The van der Waals surface area contributed by atoms with Gasteiger partial charge in [-0.2, -0.15) is 0 Å². The second-order valence-electron chi connectivity index (χ2n) is 3.52. The van der Waals surface area contributed by atoms with Crippen molar-refractivity contribution < 1.29 is 14.4 Å². The van der Waals surface area contributed by atoms with Gasteiger partial charge in [-0.15, -0.1) is 0 Å². The normalized spacial score (nSPS) is 10.3. The lowest BCUT2D eigenvalue weighted by Crippen LogP contribution is -2.85. The van der Waals surface area contributed by atoms with E-state index in [1.165, 1.54) is 25.0 Å². The van der Waals surface area contributed by atoms with Crippen molar-refractivity contribution in [2.24, 2.45) is 0 Å². The molecule has 0 unspecified atom stereocenters. The minimum Gasteiger partial charge on any atom is -0.488 e. The summed E-state index contributed by atoms with van der Waals surface area (Å²) in [5.41, 5.74) is 0. The fourth-order valence-corrected chi connectivity index (χ4v) is 1.28. The van der Waals surface area contributed by atoms with E-state index in [4.69, 9.17) is 4.74 Å². The average Bonchev–Trinajstić information content (AvgIpc) is 2.26. The van der Waals surface area contributed by atoms with E-state index < -0.39 is 0 Å². The minimum atomic E-state index is -0.225. The Hall–Kier alpha value is -1.09. The van der Waals surface area contributed by atoms with Crippen molar-refractivity contribution in [3.05, 3.63) is 30.1 Å². The molecule has 0 bridgehead atoms. The molecule has 1 aromatic carbocycles. The molecule has 0 aliphatic heterocycles. The summed E-state index contributed by atoms with van der Waals surface area (Å²) >= 11 is 0. The summed E-state index contributed by atoms with van der Waals surface area (Å²) in [5, 5.41) is 2.24. The predicted octanol–water partition coefficient (Wildman–Crippen LogP) is 1.57. The third-order valence-corrected chi connectivity index (χ3v) is 2.17. The molecule has 0 aliphatic rings. The number of ether oxygens (including phenoxy) is 1. The molecule has 0 amide bonds. The Kier molecular flexibility index (Phi) is 5.78. The topological polar surface area (TPSA) is 25.8 Å². The van der Waals surface area contributed by atoms with E-state index in [0.717, 1.165) is 18.8 Å². The highest BCUT2D eigenvalue weighted by Gasteiger charge is 1.95. The number of hydrogen-bond acceptors (Lipinski definition) is 1. The number of benzene rings is 1. The van der Waals surface area contributed by atoms with E-state index in [-0.39, 0.29) is 5.82 Å². The van der Waals surface area contributed by atoms with Crippen LogP contribution in [0.2, 0.25) is 0 Å². The standard InChI is InChI=1S/C12H18FNO/c1-2-3-8-14-9-10-15-12-6-4-11(13)5-7-12/h4-7,14H,2-3,8-10H2,1H3/p+1. The fraction of sp³-hybridized carbons (Fsp3) is 0.500. The molecular formula is C12H19FNO+. The minimum absolute atomic E-state index is 0.225. The molecule has 1 aromatic rings. The summed E-state index contributed by atoms with van der Waals surface area (Å²) in [7, 11) is 0. The molecule has 2 nitrogen and oxygen atoms in total. The van der Waals surface area contributed by atoms with Crippen LogP contribution in [0.15, 0.2) is 24.3 Å². The summed E-state index contributed by atoms with van der Waals surface area (Å²) in [6.07, 6.45) is 2.48. The molecule has 0 aliphatic carbocycles. The van der Waals surface area contributed by atoms with Crippen LogP contribution in [0, 0.1) is 5.82 Å². The lowest BCUT2D eigenvalue weighted by atomic mass is 10.3. The maximum Gasteiger partial charge on any atom is 0.137 e. The lowest BCUT2D eigenvalue weighted by Gasteiger charge is -2.05. The van der Waals surface area contributed by atoms with Gasteiger partial charge in [0.2, 0.25) is 0 Å². The predicted molar refractivity (Wildman–Crippen MR) is 58.5 cm³/mol. The maximum atomic E-state index is 12.6. The van der Waals surface area contributed by atoms with Gasteiger partial charge in [-0.05, 0) is 30.7 Å². The van der Waals surface area contributed by atoms with Gasteiger partial charge in [0.1, 0.15) is 24.7 Å². The van der Waals surface area contributed by atoms with Gasteiger partial charge in [0, 0.05) is 0 Å². The first kappa shape index (κ1) is 12.0. The van der Waals surface area contributed by atoms with E-state index in [9.17, 15) is 4.39 Å². The number of quaternary nitrogens is 1. The molecule has 3 heteroatoms. The molecule has 0 saturated heterocycles. The Morgan fingerprint density at radius 3 is 2.60 bits per heavy atom. The Balaban J connectivity index is 2.07. The van der Waals surface area contributed by atoms with Gasteiger partial charge in [-0.25, -0.2) is 4.39 Å². The van der Waals surface area contributed by atoms with Crippen LogP contribution >= 0.6 is 0 Å². The summed E-state index contributed by atoms with van der Waals surface area (Å²) in [5.74, 6) is 0.511. The van der Waals surface area contributed by atoms with Gasteiger partial charge in [-0.3, -0.25) is 0 Å². The average molecular weight is 212 g/mol. The first-order valence-electron chi connectivity index (χ1n) is 5.53. The Bertz CT molecular complexity index is 261. The van der Waals surface area contributed by atoms with Crippen LogP contribution in [0.3, 0.4) is 0 Å². The summed E-state index contributed by atoms with van der Waals surface area (Å²) in [4.78, 5) is 0. The van der Waals surface area contributed by atoms with Gasteiger partial charge in [0.15, 0.2) is 0 Å². The van der Waals surface area contributed by atoms with Gasteiger partial charge >= 0.3 is 0 Å². The van der Waals surface area contributed by atoms with Crippen LogP contribution in [0.25, 0.3) is 0 Å². The van der Waals surface area contributed by atoms with Crippen LogP contribution in [-0.2, 0) is 0 Å². The Morgan fingerprint density at radius 2 is 1.93 bits per heavy atom. The molecule has 0 fully saturated rings. The van der Waals surface area contributed by atoms with Crippen molar-refractivity contribution in [1.82, 2.24) is 0 Å². The van der Waals surface area contributed by atoms with Crippen LogP contribution < -0.4 is 10.1 Å². The first-order valence-corrected chi connectivity index (χ1v) is 5.53. The SMILES string of the molecule is CCCC[NH2+]CCOc1ccc(F)cc1. The molecule has 84 valence electrons. The molecular weight excluding hydrogens is 193 g/mol. The number of unbranched alkanes of at least 4 members (excludes halogenated alkanes) is 1. The van der Waals surface area contributed by atoms with Gasteiger partial charge < -0.3 is 10.1 Å². The van der Waals surface area contributed by atoms with Gasteiger partial charge in [0.25, 0.3) is 0 Å². The van der Waals surface area contributed by atoms with E-state index in [1.807, 2.05) is 0 Å². The number of hydrogen-bond donors (Lipinski definition) is 1. The Labute approximate surface area is 90.4 Å². The van der Waals surface area contributed by atoms with Crippen molar-refractivity contribution >= 4 is 0 Å². The number of halogens is 1. The maximum absolute atomic E-state index is 12.6. The van der Waals surface area contributed by atoms with Crippen molar-refractivity contribution in [2.45, 2.75) is 19.8 Å². The van der Waals surface area contributed by atoms with Crippen molar-refractivity contribution in [3.63, 3.8) is 0 Å². The van der Waals surface area contributed by atoms with Crippen molar-refractivity contribution in [1.29, 1.82) is 0 Å². The molecule has 0 radical (unpaired) electrons. The molecule has 0 spiro atoms. The van der Waals surface area contributed by atoms with Crippen LogP contribution in [-0.4, -0.2) is 19.7 Å². The van der Waals surface area contributed by atoms with E-state index >= 15 is 0 Å². The smallest absolute Gasteiger partial charge is 0.137 e. The second-order valence-corrected chi connectivity index (χ2v) is 3.52. The third-order valence-electron chi connectivity index (χ3n) is 2.17. The molecule has 2 N–H and O–H groups in total. The number of nitrogens with two attached hydrogens (primary N) is 1. The van der Waals surface area contributed by atoms with Gasteiger partial charge in [0.05, 0.1) is 6.54 Å². The molecule has 0 saturated carbocycles. The van der Waals surface area contributed by atoms with Crippen molar-refractivity contribution in [3.8, 4) is 5.75 Å². The quantitative estimate of drug-likeness (QED) is 0.682. The highest BCUT2D eigenvalue weighted by molar-refractivity contribution is 5.21. The van der Waals surface area contributed by atoms with Crippen LogP contribution in [0.5, 0.6) is 5.75 Å². The van der Waals surface area contributed by atoms with Crippen molar-refractivity contribution in [2.75, 3.05) is 19.7 Å². The largest absolute Gasteiger partial charge is 0.488 e. The number of rotatable bonds is 7. The summed E-state index contributed by atoms with van der Waals surface area (Å²) in [6.45, 7) is 4.97. The first-order chi connectivity index (χ1) is 7.33. The zero-order chi connectivity index (χ0) is 10.9. The van der Waals surface area contributed by atoms with Crippen LogP contribution in [0.1, 0.15) is 19.8 Å². The highest BCUT2D eigenvalue weighted by Crippen LogP contribution is 2.10. The molecule has 0 heterocycles. The summed E-state index contributed by atoms with van der Waals surface area (Å²) in [6, 6.07) is 6.13. The second kappa shape index (κ2) is 7.23. The third kappa shape index (κ3) is 5.37.